The quantitative estimate of drug-likeness (QED) is 0.418. The monoisotopic (exact) mass is 430 g/mol. The largest absolute Gasteiger partial charge is 0.497 e. The maximum Gasteiger partial charge on any atom is 0.417 e. The van der Waals surface area contributed by atoms with E-state index in [1.54, 1.807) is 42.6 Å². The molecule has 0 spiro atoms. The van der Waals surface area contributed by atoms with E-state index in [4.69, 9.17) is 9.47 Å². The van der Waals surface area contributed by atoms with Crippen LogP contribution < -0.4 is 10.1 Å². The van der Waals surface area contributed by atoms with Crippen LogP contribution in [0.15, 0.2) is 60.8 Å². The Morgan fingerprint density at radius 3 is 2.23 bits per heavy atom. The maximum atomic E-state index is 13.8. The molecule has 7 heteroatoms. The topological polar surface area (TPSA) is 43.4 Å². The van der Waals surface area contributed by atoms with Gasteiger partial charge in [0.15, 0.2) is 0 Å². The number of halogens is 3. The van der Waals surface area contributed by atoms with Crippen LogP contribution in [0.2, 0.25) is 0 Å². The number of benzene rings is 2. The van der Waals surface area contributed by atoms with Gasteiger partial charge >= 0.3 is 6.18 Å². The standard InChI is InChI=1S/C24H25F3N2O2/c1-4-23(31-5-2)22-13-9-18(15-28-22)29-17-8-12-20(21(14-17)24(25,26)27)16-6-10-19(30-3)11-7-16/h6-15,23,29H,4-5H2,1-3H3. The number of ether oxygens (including phenoxy) is 2. The van der Waals surface area contributed by atoms with Crippen LogP contribution in [-0.4, -0.2) is 18.7 Å². The molecule has 3 rings (SSSR count). The van der Waals surface area contributed by atoms with Crippen molar-refractivity contribution < 1.29 is 22.6 Å². The van der Waals surface area contributed by atoms with Crippen molar-refractivity contribution in [2.45, 2.75) is 32.5 Å². The molecule has 0 aliphatic carbocycles. The molecule has 0 saturated carbocycles. The fraction of sp³-hybridized carbons (Fsp3) is 0.292. The summed E-state index contributed by atoms with van der Waals surface area (Å²) in [7, 11) is 1.51. The summed E-state index contributed by atoms with van der Waals surface area (Å²) in [5, 5.41) is 3.01. The number of nitrogens with one attached hydrogen (secondary N) is 1. The van der Waals surface area contributed by atoms with Crippen molar-refractivity contribution in [2.24, 2.45) is 0 Å². The summed E-state index contributed by atoms with van der Waals surface area (Å²) in [5.74, 6) is 0.584. The van der Waals surface area contributed by atoms with Gasteiger partial charge in [0.1, 0.15) is 5.75 Å². The fourth-order valence-corrected chi connectivity index (χ4v) is 3.33. The molecule has 0 saturated heterocycles. The number of methoxy groups -OCH3 is 1. The highest BCUT2D eigenvalue weighted by Gasteiger charge is 2.34. The van der Waals surface area contributed by atoms with Crippen LogP contribution in [-0.2, 0) is 10.9 Å². The van der Waals surface area contributed by atoms with Gasteiger partial charge in [0.05, 0.1) is 36.4 Å². The molecule has 2 aromatic carbocycles. The lowest BCUT2D eigenvalue weighted by Gasteiger charge is -2.17. The molecule has 1 atom stereocenters. The van der Waals surface area contributed by atoms with Gasteiger partial charge in [-0.15, -0.1) is 0 Å². The van der Waals surface area contributed by atoms with E-state index in [-0.39, 0.29) is 11.7 Å². The molecule has 31 heavy (non-hydrogen) atoms. The lowest BCUT2D eigenvalue weighted by atomic mass is 9.98. The Morgan fingerprint density at radius 2 is 1.68 bits per heavy atom. The van der Waals surface area contributed by atoms with E-state index in [0.717, 1.165) is 18.2 Å². The van der Waals surface area contributed by atoms with Crippen molar-refractivity contribution in [1.29, 1.82) is 0 Å². The number of rotatable bonds is 8. The molecule has 0 radical (unpaired) electrons. The molecular weight excluding hydrogens is 405 g/mol. The molecule has 4 nitrogen and oxygen atoms in total. The molecule has 0 aliphatic heterocycles. The number of anilines is 2. The summed E-state index contributed by atoms with van der Waals surface area (Å²) in [4.78, 5) is 4.40. The van der Waals surface area contributed by atoms with Crippen LogP contribution in [0.3, 0.4) is 0 Å². The second-order valence-corrected chi connectivity index (χ2v) is 6.94. The first-order valence-corrected chi connectivity index (χ1v) is 10.1. The number of aromatic nitrogens is 1. The minimum absolute atomic E-state index is 0.0975. The van der Waals surface area contributed by atoms with E-state index in [9.17, 15) is 13.2 Å². The molecule has 1 heterocycles. The third kappa shape index (κ3) is 5.55. The van der Waals surface area contributed by atoms with Gasteiger partial charge in [-0.25, -0.2) is 0 Å². The Bertz CT molecular complexity index is 987. The van der Waals surface area contributed by atoms with Crippen molar-refractivity contribution in [1.82, 2.24) is 4.98 Å². The SMILES string of the molecule is CCOC(CC)c1ccc(Nc2ccc(-c3ccc(OC)cc3)c(C(F)(F)F)c2)cn1. The number of pyridine rings is 1. The van der Waals surface area contributed by atoms with Gasteiger partial charge in [-0.1, -0.05) is 25.1 Å². The van der Waals surface area contributed by atoms with Gasteiger partial charge < -0.3 is 14.8 Å². The molecule has 0 fully saturated rings. The van der Waals surface area contributed by atoms with Crippen LogP contribution in [0, 0.1) is 0 Å². The van der Waals surface area contributed by atoms with E-state index >= 15 is 0 Å². The summed E-state index contributed by atoms with van der Waals surface area (Å²) < 4.78 is 52.0. The highest BCUT2D eigenvalue weighted by atomic mass is 19.4. The molecule has 164 valence electrons. The van der Waals surface area contributed by atoms with Gasteiger partial charge in [0.2, 0.25) is 0 Å². The van der Waals surface area contributed by atoms with Crippen molar-refractivity contribution in [3.63, 3.8) is 0 Å². The first kappa shape index (κ1) is 22.6. The number of nitrogens with zero attached hydrogens (tertiary/aromatic N) is 1. The number of alkyl halides is 3. The average molecular weight is 430 g/mol. The van der Waals surface area contributed by atoms with Gasteiger partial charge in [-0.05, 0) is 60.9 Å². The molecular formula is C24H25F3N2O2. The summed E-state index contributed by atoms with van der Waals surface area (Å²) in [5.41, 5.74) is 1.58. The molecule has 1 N–H and O–H groups in total. The zero-order chi connectivity index (χ0) is 22.4. The van der Waals surface area contributed by atoms with Gasteiger partial charge in [0, 0.05) is 12.3 Å². The second kappa shape index (κ2) is 9.83. The van der Waals surface area contributed by atoms with Crippen LogP contribution in [0.4, 0.5) is 24.5 Å². The van der Waals surface area contributed by atoms with Gasteiger partial charge in [-0.2, -0.15) is 13.2 Å². The molecule has 0 amide bonds. The first-order valence-electron chi connectivity index (χ1n) is 10.1. The zero-order valence-electron chi connectivity index (χ0n) is 17.7. The summed E-state index contributed by atoms with van der Waals surface area (Å²) in [6, 6.07) is 14.3. The van der Waals surface area contributed by atoms with Crippen molar-refractivity contribution >= 4 is 11.4 Å². The summed E-state index contributed by atoms with van der Waals surface area (Å²) >= 11 is 0. The average Bonchev–Trinajstić information content (AvgIpc) is 2.77. The molecule has 0 aliphatic rings. The minimum Gasteiger partial charge on any atom is -0.497 e. The van der Waals surface area contributed by atoms with E-state index in [2.05, 4.69) is 10.3 Å². The Hall–Kier alpha value is -3.06. The van der Waals surface area contributed by atoms with E-state index in [1.165, 1.54) is 13.2 Å². The number of hydrogen-bond acceptors (Lipinski definition) is 4. The van der Waals surface area contributed by atoms with E-state index < -0.39 is 11.7 Å². The summed E-state index contributed by atoms with van der Waals surface area (Å²) in [6.07, 6.45) is -2.21. The third-order valence-corrected chi connectivity index (χ3v) is 4.87. The van der Waals surface area contributed by atoms with Crippen LogP contribution in [0.25, 0.3) is 11.1 Å². The third-order valence-electron chi connectivity index (χ3n) is 4.87. The Balaban J connectivity index is 1.87. The Kier molecular flexibility index (Phi) is 7.17. The zero-order valence-corrected chi connectivity index (χ0v) is 17.7. The van der Waals surface area contributed by atoms with Gasteiger partial charge in [-0.3, -0.25) is 4.98 Å². The highest BCUT2D eigenvalue weighted by Crippen LogP contribution is 2.39. The predicted octanol–water partition coefficient (Wildman–Crippen LogP) is 7.01. The Morgan fingerprint density at radius 1 is 0.968 bits per heavy atom. The lowest BCUT2D eigenvalue weighted by Crippen LogP contribution is -2.08. The smallest absolute Gasteiger partial charge is 0.417 e. The molecule has 0 bridgehead atoms. The van der Waals surface area contributed by atoms with Crippen LogP contribution >= 0.6 is 0 Å². The maximum absolute atomic E-state index is 13.8. The van der Waals surface area contributed by atoms with E-state index in [0.29, 0.717) is 29.3 Å². The van der Waals surface area contributed by atoms with Crippen LogP contribution in [0.1, 0.15) is 37.6 Å². The first-order chi connectivity index (χ1) is 14.9. The number of hydrogen-bond donors (Lipinski definition) is 1. The van der Waals surface area contributed by atoms with Crippen molar-refractivity contribution in [3.8, 4) is 16.9 Å². The van der Waals surface area contributed by atoms with Crippen molar-refractivity contribution in [3.05, 3.63) is 72.1 Å². The van der Waals surface area contributed by atoms with Crippen LogP contribution in [0.5, 0.6) is 5.75 Å². The fourth-order valence-electron chi connectivity index (χ4n) is 3.33. The Labute approximate surface area is 180 Å². The van der Waals surface area contributed by atoms with Gasteiger partial charge in [0.25, 0.3) is 0 Å². The molecule has 1 aromatic heterocycles. The van der Waals surface area contributed by atoms with E-state index in [1.807, 2.05) is 19.9 Å². The molecule has 1 unspecified atom stereocenters. The molecule has 3 aromatic rings. The highest BCUT2D eigenvalue weighted by molar-refractivity contribution is 5.73. The predicted molar refractivity (Wildman–Crippen MR) is 116 cm³/mol. The normalized spacial score (nSPS) is 12.5. The summed E-state index contributed by atoms with van der Waals surface area (Å²) in [6.45, 7) is 4.52. The van der Waals surface area contributed by atoms with Crippen molar-refractivity contribution in [2.75, 3.05) is 19.0 Å². The second-order valence-electron chi connectivity index (χ2n) is 6.94. The minimum atomic E-state index is -4.50. The lowest BCUT2D eigenvalue weighted by molar-refractivity contribution is -0.137.